The predicted octanol–water partition coefficient (Wildman–Crippen LogP) is 0.888. The van der Waals surface area contributed by atoms with Crippen LogP contribution >= 0.6 is 0 Å². The van der Waals surface area contributed by atoms with Gasteiger partial charge >= 0.3 is 6.09 Å². The van der Waals surface area contributed by atoms with E-state index in [0.29, 0.717) is 12.2 Å². The molecule has 2 rings (SSSR count). The van der Waals surface area contributed by atoms with E-state index in [0.717, 1.165) is 18.7 Å². The van der Waals surface area contributed by atoms with E-state index in [1.54, 1.807) is 12.3 Å². The molecule has 1 aliphatic heterocycles. The van der Waals surface area contributed by atoms with Gasteiger partial charge in [-0.3, -0.25) is 0 Å². The van der Waals surface area contributed by atoms with Crippen LogP contribution in [0.4, 0.5) is 10.5 Å². The maximum atomic E-state index is 11.1. The second kappa shape index (κ2) is 5.36. The molecule has 18 heavy (non-hydrogen) atoms. The standard InChI is InChI=1S/C12H14N4O2/c1-18-12(17)15-9-4-6-16(8-9)11-3-2-5-14-10(11)7-13/h2-3,5,9H,4,6,8H2,1H3,(H,15,17). The van der Waals surface area contributed by atoms with Crippen molar-refractivity contribution in [2.45, 2.75) is 12.5 Å². The summed E-state index contributed by atoms with van der Waals surface area (Å²) in [5.41, 5.74) is 1.23. The molecule has 94 valence electrons. The lowest BCUT2D eigenvalue weighted by Gasteiger charge is -2.19. The summed E-state index contributed by atoms with van der Waals surface area (Å²) >= 11 is 0. The summed E-state index contributed by atoms with van der Waals surface area (Å²) < 4.78 is 4.56. The lowest BCUT2D eigenvalue weighted by molar-refractivity contribution is 0.167. The zero-order chi connectivity index (χ0) is 13.0. The van der Waals surface area contributed by atoms with Crippen molar-refractivity contribution in [2.75, 3.05) is 25.1 Å². The third kappa shape index (κ3) is 2.51. The number of anilines is 1. The Balaban J connectivity index is 2.05. The van der Waals surface area contributed by atoms with Gasteiger partial charge in [0.2, 0.25) is 0 Å². The molecule has 0 radical (unpaired) electrons. The number of carbonyl (C=O) groups excluding carboxylic acids is 1. The van der Waals surface area contributed by atoms with Crippen LogP contribution in [-0.4, -0.2) is 37.3 Å². The van der Waals surface area contributed by atoms with E-state index in [4.69, 9.17) is 5.26 Å². The minimum atomic E-state index is -0.423. The molecule has 0 aliphatic carbocycles. The first-order valence-corrected chi connectivity index (χ1v) is 5.69. The number of nitriles is 1. The van der Waals surface area contributed by atoms with E-state index in [9.17, 15) is 4.79 Å². The molecule has 2 heterocycles. The summed E-state index contributed by atoms with van der Waals surface area (Å²) in [5.74, 6) is 0. The Bertz CT molecular complexity index is 483. The minimum absolute atomic E-state index is 0.0456. The molecule has 1 fully saturated rings. The first-order valence-electron chi connectivity index (χ1n) is 5.69. The van der Waals surface area contributed by atoms with Crippen molar-refractivity contribution in [1.29, 1.82) is 5.26 Å². The summed E-state index contributed by atoms with van der Waals surface area (Å²) in [7, 11) is 1.34. The Morgan fingerprint density at radius 1 is 1.72 bits per heavy atom. The van der Waals surface area contributed by atoms with E-state index in [1.807, 2.05) is 11.0 Å². The molecule has 1 aromatic rings. The maximum Gasteiger partial charge on any atom is 0.407 e. The fraction of sp³-hybridized carbons (Fsp3) is 0.417. The normalized spacial score (nSPS) is 18.2. The molecular weight excluding hydrogens is 232 g/mol. The molecule has 6 nitrogen and oxygen atoms in total. The fourth-order valence-electron chi connectivity index (χ4n) is 2.06. The molecule has 1 N–H and O–H groups in total. The van der Waals surface area contributed by atoms with Gasteiger partial charge in [0.15, 0.2) is 5.69 Å². The fourth-order valence-corrected chi connectivity index (χ4v) is 2.06. The van der Waals surface area contributed by atoms with Gasteiger partial charge in [-0.15, -0.1) is 0 Å². The molecule has 0 spiro atoms. The van der Waals surface area contributed by atoms with Gasteiger partial charge in [0.25, 0.3) is 0 Å². The Labute approximate surface area is 105 Å². The highest BCUT2D eigenvalue weighted by atomic mass is 16.5. The van der Waals surface area contributed by atoms with Crippen molar-refractivity contribution >= 4 is 11.8 Å². The van der Waals surface area contributed by atoms with Crippen LogP contribution in [0.1, 0.15) is 12.1 Å². The van der Waals surface area contributed by atoms with Crippen molar-refractivity contribution in [2.24, 2.45) is 0 Å². The number of ether oxygens (including phenoxy) is 1. The topological polar surface area (TPSA) is 78.2 Å². The van der Waals surface area contributed by atoms with Gasteiger partial charge in [0.1, 0.15) is 6.07 Å². The number of aromatic nitrogens is 1. The van der Waals surface area contributed by atoms with Gasteiger partial charge in [-0.25, -0.2) is 9.78 Å². The molecule has 6 heteroatoms. The van der Waals surface area contributed by atoms with Crippen molar-refractivity contribution in [3.05, 3.63) is 24.0 Å². The van der Waals surface area contributed by atoms with Crippen LogP contribution < -0.4 is 10.2 Å². The summed E-state index contributed by atoms with van der Waals surface area (Å²) in [6, 6.07) is 5.79. The van der Waals surface area contributed by atoms with Gasteiger partial charge in [-0.05, 0) is 18.6 Å². The predicted molar refractivity (Wildman–Crippen MR) is 65.1 cm³/mol. The highest BCUT2D eigenvalue weighted by Crippen LogP contribution is 2.22. The minimum Gasteiger partial charge on any atom is -0.453 e. The van der Waals surface area contributed by atoms with Crippen LogP contribution in [0.15, 0.2) is 18.3 Å². The van der Waals surface area contributed by atoms with Crippen molar-refractivity contribution in [3.63, 3.8) is 0 Å². The van der Waals surface area contributed by atoms with Gasteiger partial charge in [-0.1, -0.05) is 0 Å². The molecule has 1 saturated heterocycles. The number of alkyl carbamates (subject to hydrolysis) is 1. The summed E-state index contributed by atoms with van der Waals surface area (Å²) in [6.07, 6.45) is 2.01. The van der Waals surface area contributed by atoms with Crippen LogP contribution in [0.25, 0.3) is 0 Å². The Morgan fingerprint density at radius 2 is 2.56 bits per heavy atom. The van der Waals surface area contributed by atoms with Gasteiger partial charge in [0.05, 0.1) is 18.8 Å². The molecule has 1 amide bonds. The molecule has 1 unspecified atom stereocenters. The highest BCUT2D eigenvalue weighted by molar-refractivity contribution is 5.67. The van der Waals surface area contributed by atoms with Crippen LogP contribution in [0.5, 0.6) is 0 Å². The van der Waals surface area contributed by atoms with Gasteiger partial charge in [-0.2, -0.15) is 5.26 Å². The number of rotatable bonds is 2. The third-order valence-corrected chi connectivity index (χ3v) is 2.93. The number of carbonyl (C=O) groups is 1. The van der Waals surface area contributed by atoms with Gasteiger partial charge < -0.3 is 15.0 Å². The summed E-state index contributed by atoms with van der Waals surface area (Å²) in [4.78, 5) is 17.2. The Kier molecular flexibility index (Phi) is 3.63. The molecule has 1 aliphatic rings. The second-order valence-electron chi connectivity index (χ2n) is 4.05. The quantitative estimate of drug-likeness (QED) is 0.838. The average molecular weight is 246 g/mol. The molecule has 0 saturated carbocycles. The van der Waals surface area contributed by atoms with Crippen molar-refractivity contribution in [3.8, 4) is 6.07 Å². The van der Waals surface area contributed by atoms with E-state index in [1.165, 1.54) is 7.11 Å². The largest absolute Gasteiger partial charge is 0.453 e. The first-order chi connectivity index (χ1) is 8.74. The third-order valence-electron chi connectivity index (χ3n) is 2.93. The van der Waals surface area contributed by atoms with Crippen molar-refractivity contribution in [1.82, 2.24) is 10.3 Å². The Hall–Kier alpha value is -2.29. The monoisotopic (exact) mass is 246 g/mol. The second-order valence-corrected chi connectivity index (χ2v) is 4.05. The number of hydrogen-bond acceptors (Lipinski definition) is 5. The number of hydrogen-bond donors (Lipinski definition) is 1. The Morgan fingerprint density at radius 3 is 3.28 bits per heavy atom. The van der Waals surface area contributed by atoms with Crippen LogP contribution in [0, 0.1) is 11.3 Å². The highest BCUT2D eigenvalue weighted by Gasteiger charge is 2.25. The number of methoxy groups -OCH3 is 1. The van der Waals surface area contributed by atoms with E-state index in [-0.39, 0.29) is 6.04 Å². The van der Waals surface area contributed by atoms with Crippen LogP contribution in [-0.2, 0) is 4.74 Å². The van der Waals surface area contributed by atoms with E-state index in [2.05, 4.69) is 21.1 Å². The maximum absolute atomic E-state index is 11.1. The number of nitrogens with zero attached hydrogens (tertiary/aromatic N) is 3. The number of amides is 1. The molecular formula is C12H14N4O2. The SMILES string of the molecule is COC(=O)NC1CCN(c2cccnc2C#N)C1. The smallest absolute Gasteiger partial charge is 0.407 e. The van der Waals surface area contributed by atoms with Crippen LogP contribution in [0.2, 0.25) is 0 Å². The summed E-state index contributed by atoms with van der Waals surface area (Å²) in [6.45, 7) is 1.45. The summed E-state index contributed by atoms with van der Waals surface area (Å²) in [5, 5.41) is 11.8. The number of nitrogens with one attached hydrogen (secondary N) is 1. The van der Waals surface area contributed by atoms with Gasteiger partial charge in [0, 0.05) is 19.3 Å². The molecule has 0 aromatic carbocycles. The van der Waals surface area contributed by atoms with Crippen molar-refractivity contribution < 1.29 is 9.53 Å². The molecule has 1 atom stereocenters. The average Bonchev–Trinajstić information content (AvgIpc) is 2.86. The zero-order valence-corrected chi connectivity index (χ0v) is 10.1. The van der Waals surface area contributed by atoms with E-state index >= 15 is 0 Å². The zero-order valence-electron chi connectivity index (χ0n) is 10.1. The lowest BCUT2D eigenvalue weighted by atomic mass is 10.2. The first kappa shape index (κ1) is 12.2. The molecule has 0 bridgehead atoms. The van der Waals surface area contributed by atoms with E-state index < -0.39 is 6.09 Å². The number of pyridine rings is 1. The van der Waals surface area contributed by atoms with Crippen LogP contribution in [0.3, 0.4) is 0 Å². The lowest BCUT2D eigenvalue weighted by Crippen LogP contribution is -2.37. The molecule has 1 aromatic heterocycles.